The van der Waals surface area contributed by atoms with Crippen LogP contribution in [-0.2, 0) is 16.0 Å². The minimum atomic E-state index is -1.54. The third-order valence-corrected chi connectivity index (χ3v) is 3.39. The van der Waals surface area contributed by atoms with Crippen molar-refractivity contribution in [3.8, 4) is 5.88 Å². The van der Waals surface area contributed by atoms with Crippen molar-refractivity contribution in [2.45, 2.75) is 18.9 Å². The van der Waals surface area contributed by atoms with Crippen LogP contribution in [0.1, 0.15) is 12.0 Å². The van der Waals surface area contributed by atoms with E-state index in [9.17, 15) is 14.4 Å². The molecule has 0 saturated carbocycles. The van der Waals surface area contributed by atoms with Gasteiger partial charge in [-0.3, -0.25) is 4.79 Å². The number of aliphatic carboxylic acids is 1. The molecule has 2 N–H and O–H groups in total. The number of hydrogen-bond acceptors (Lipinski definition) is 5. The van der Waals surface area contributed by atoms with Crippen molar-refractivity contribution in [2.75, 3.05) is 7.11 Å². The Balaban J connectivity index is 2.15. The molecule has 1 aliphatic heterocycles. The van der Waals surface area contributed by atoms with Crippen molar-refractivity contribution in [3.05, 3.63) is 23.9 Å². The normalized spacial score (nSPS) is 21.4. The fraction of sp³-hybridized carbons (Fsp3) is 0.385. The zero-order chi connectivity index (χ0) is 15.6. The van der Waals surface area contributed by atoms with Crippen molar-refractivity contribution in [1.29, 1.82) is 0 Å². The Kier molecular flexibility index (Phi) is 4.06. The first-order valence-electron chi connectivity index (χ1n) is 6.21. The molecule has 112 valence electrons. The van der Waals surface area contributed by atoms with Crippen LogP contribution in [0, 0.1) is 5.92 Å². The van der Waals surface area contributed by atoms with E-state index in [1.54, 1.807) is 12.1 Å². The van der Waals surface area contributed by atoms with Gasteiger partial charge in [0.05, 0.1) is 7.11 Å². The quantitative estimate of drug-likeness (QED) is 0.835. The van der Waals surface area contributed by atoms with Crippen LogP contribution in [0.4, 0.5) is 4.79 Å². The summed E-state index contributed by atoms with van der Waals surface area (Å²) in [6.45, 7) is 0. The molecule has 0 aromatic carbocycles. The fourth-order valence-corrected chi connectivity index (χ4v) is 2.37. The lowest BCUT2D eigenvalue weighted by molar-refractivity contribution is -0.145. The Labute approximate surface area is 120 Å². The molecular weight excluding hydrogens is 280 g/mol. The van der Waals surface area contributed by atoms with Gasteiger partial charge >= 0.3 is 12.1 Å². The number of imide groups is 1. The van der Waals surface area contributed by atoms with Crippen molar-refractivity contribution in [3.63, 3.8) is 0 Å². The second-order valence-electron chi connectivity index (χ2n) is 4.69. The molecule has 2 heterocycles. The Morgan fingerprint density at radius 1 is 1.43 bits per heavy atom. The third kappa shape index (κ3) is 2.93. The number of carboxylic acids is 1. The minimum absolute atomic E-state index is 0.0352. The molecule has 1 aromatic rings. The SMILES string of the molecule is COc1ccc(CC2C[C@@H](C(=O)O)N(C(=O)O)C2=O)cn1. The van der Waals surface area contributed by atoms with E-state index < -0.39 is 29.9 Å². The molecule has 0 aliphatic carbocycles. The largest absolute Gasteiger partial charge is 0.481 e. The van der Waals surface area contributed by atoms with E-state index in [0.717, 1.165) is 0 Å². The van der Waals surface area contributed by atoms with Gasteiger partial charge in [-0.25, -0.2) is 19.5 Å². The zero-order valence-electron chi connectivity index (χ0n) is 11.2. The molecule has 1 saturated heterocycles. The smallest absolute Gasteiger partial charge is 0.414 e. The maximum absolute atomic E-state index is 12.0. The molecule has 8 nitrogen and oxygen atoms in total. The molecule has 2 rings (SSSR count). The number of carboxylic acid groups (broad SMARTS) is 2. The monoisotopic (exact) mass is 294 g/mol. The average molecular weight is 294 g/mol. The molecule has 0 radical (unpaired) electrons. The summed E-state index contributed by atoms with van der Waals surface area (Å²) in [5, 5.41) is 18.0. The van der Waals surface area contributed by atoms with Crippen LogP contribution in [0.2, 0.25) is 0 Å². The molecule has 2 amide bonds. The van der Waals surface area contributed by atoms with Crippen molar-refractivity contribution < 1.29 is 29.3 Å². The van der Waals surface area contributed by atoms with Crippen molar-refractivity contribution in [1.82, 2.24) is 9.88 Å². The van der Waals surface area contributed by atoms with E-state index in [4.69, 9.17) is 14.9 Å². The number of pyridine rings is 1. The maximum Gasteiger partial charge on any atom is 0.414 e. The number of carbonyl (C=O) groups excluding carboxylic acids is 1. The summed E-state index contributed by atoms with van der Waals surface area (Å²) >= 11 is 0. The van der Waals surface area contributed by atoms with Gasteiger partial charge in [-0.1, -0.05) is 6.07 Å². The highest BCUT2D eigenvalue weighted by Gasteiger charge is 2.46. The predicted molar refractivity (Wildman–Crippen MR) is 68.9 cm³/mol. The Bertz CT molecular complexity index is 571. The summed E-state index contributed by atoms with van der Waals surface area (Å²) in [4.78, 5) is 38.5. The van der Waals surface area contributed by atoms with Gasteiger partial charge in [0.25, 0.3) is 0 Å². The van der Waals surface area contributed by atoms with Gasteiger partial charge in [0.2, 0.25) is 11.8 Å². The highest BCUT2D eigenvalue weighted by molar-refractivity contribution is 5.99. The lowest BCUT2D eigenvalue weighted by atomic mass is 9.97. The van der Waals surface area contributed by atoms with Gasteiger partial charge in [-0.15, -0.1) is 0 Å². The first kappa shape index (κ1) is 14.8. The summed E-state index contributed by atoms with van der Waals surface area (Å²) < 4.78 is 4.92. The highest BCUT2D eigenvalue weighted by Crippen LogP contribution is 2.28. The molecule has 0 spiro atoms. The molecule has 2 atom stereocenters. The van der Waals surface area contributed by atoms with Gasteiger partial charge in [-0.05, 0) is 18.4 Å². The summed E-state index contributed by atoms with van der Waals surface area (Å²) in [5.41, 5.74) is 0.713. The van der Waals surface area contributed by atoms with Crippen molar-refractivity contribution >= 4 is 18.0 Å². The number of hydrogen-bond donors (Lipinski definition) is 2. The number of nitrogens with zero attached hydrogens (tertiary/aromatic N) is 2. The van der Waals surface area contributed by atoms with Crippen LogP contribution in [0.5, 0.6) is 5.88 Å². The molecule has 8 heteroatoms. The Morgan fingerprint density at radius 2 is 2.14 bits per heavy atom. The molecule has 1 aromatic heterocycles. The van der Waals surface area contributed by atoms with Crippen LogP contribution in [0.3, 0.4) is 0 Å². The zero-order valence-corrected chi connectivity index (χ0v) is 11.2. The Morgan fingerprint density at radius 3 is 2.57 bits per heavy atom. The molecule has 1 unspecified atom stereocenters. The van der Waals surface area contributed by atoms with E-state index in [0.29, 0.717) is 16.3 Å². The first-order chi connectivity index (χ1) is 9.93. The van der Waals surface area contributed by atoms with E-state index in [2.05, 4.69) is 4.98 Å². The number of methoxy groups -OCH3 is 1. The molecule has 1 aliphatic rings. The first-order valence-corrected chi connectivity index (χ1v) is 6.21. The van der Waals surface area contributed by atoms with Gasteiger partial charge in [0.15, 0.2) is 0 Å². The topological polar surface area (TPSA) is 117 Å². The number of aromatic nitrogens is 1. The number of rotatable bonds is 4. The number of likely N-dealkylation sites (tertiary alicyclic amines) is 1. The van der Waals surface area contributed by atoms with Crippen LogP contribution < -0.4 is 4.74 Å². The standard InChI is InChI=1S/C13H14N2O6/c1-21-10-3-2-7(6-14-10)4-8-5-9(12(17)18)15(11(8)16)13(19)20/h2-3,6,8-9H,4-5H2,1H3,(H,17,18)(H,19,20)/t8?,9-/m0/s1. The molecule has 0 bridgehead atoms. The van der Waals surface area contributed by atoms with Gasteiger partial charge in [0.1, 0.15) is 6.04 Å². The van der Waals surface area contributed by atoms with Crippen LogP contribution in [0.15, 0.2) is 18.3 Å². The summed E-state index contributed by atoms with van der Waals surface area (Å²) in [5.74, 6) is -2.27. The lowest BCUT2D eigenvalue weighted by Gasteiger charge is -2.15. The van der Waals surface area contributed by atoms with Gasteiger partial charge < -0.3 is 14.9 Å². The van der Waals surface area contributed by atoms with E-state index in [1.165, 1.54) is 13.3 Å². The second kappa shape index (κ2) is 5.78. The van der Waals surface area contributed by atoms with E-state index >= 15 is 0 Å². The van der Waals surface area contributed by atoms with Crippen molar-refractivity contribution in [2.24, 2.45) is 5.92 Å². The Hall–Kier alpha value is -2.64. The molecule has 21 heavy (non-hydrogen) atoms. The summed E-state index contributed by atoms with van der Waals surface area (Å²) in [7, 11) is 1.48. The molecular formula is C13H14N2O6. The van der Waals surface area contributed by atoms with Crippen LogP contribution in [-0.4, -0.2) is 51.2 Å². The third-order valence-electron chi connectivity index (χ3n) is 3.39. The van der Waals surface area contributed by atoms with E-state index in [-0.39, 0.29) is 12.8 Å². The fourth-order valence-electron chi connectivity index (χ4n) is 2.37. The highest BCUT2D eigenvalue weighted by atomic mass is 16.5. The predicted octanol–water partition coefficient (Wildman–Crippen LogP) is 0.612. The lowest BCUT2D eigenvalue weighted by Crippen LogP contribution is -2.42. The van der Waals surface area contributed by atoms with E-state index in [1.807, 2.05) is 0 Å². The number of amides is 2. The second-order valence-corrected chi connectivity index (χ2v) is 4.69. The maximum atomic E-state index is 12.0. The number of ether oxygens (including phenoxy) is 1. The summed E-state index contributed by atoms with van der Waals surface area (Å²) in [6, 6.07) is 2.00. The molecule has 1 fully saturated rings. The summed E-state index contributed by atoms with van der Waals surface area (Å²) in [6.07, 6.45) is 0.184. The van der Waals surface area contributed by atoms with Gasteiger partial charge in [-0.2, -0.15) is 0 Å². The number of carbonyl (C=O) groups is 3. The van der Waals surface area contributed by atoms with Crippen LogP contribution in [0.25, 0.3) is 0 Å². The minimum Gasteiger partial charge on any atom is -0.481 e. The van der Waals surface area contributed by atoms with Crippen LogP contribution >= 0.6 is 0 Å². The average Bonchev–Trinajstić information content (AvgIpc) is 2.77. The van der Waals surface area contributed by atoms with Gasteiger partial charge in [0, 0.05) is 18.2 Å².